The van der Waals surface area contributed by atoms with Crippen LogP contribution in [0.25, 0.3) is 0 Å². The number of hydrogen-bond donors (Lipinski definition) is 1. The Bertz CT molecular complexity index is 385. The van der Waals surface area contributed by atoms with Gasteiger partial charge in [-0.25, -0.2) is 8.78 Å². The van der Waals surface area contributed by atoms with Crippen LogP contribution in [0, 0.1) is 6.92 Å². The van der Waals surface area contributed by atoms with Gasteiger partial charge in [0.05, 0.1) is 12.1 Å². The van der Waals surface area contributed by atoms with Gasteiger partial charge in [-0.15, -0.1) is 0 Å². The van der Waals surface area contributed by atoms with Gasteiger partial charge < -0.3 is 10.6 Å². The minimum Gasteiger partial charge on any atom is -0.332 e. The lowest BCUT2D eigenvalue weighted by molar-refractivity contribution is 0.0562. The van der Waals surface area contributed by atoms with Crippen molar-refractivity contribution in [2.45, 2.75) is 13.3 Å². The lowest BCUT2D eigenvalue weighted by Gasteiger charge is -2.22. The summed E-state index contributed by atoms with van der Waals surface area (Å²) in [5, 5.41) is 0. The third-order valence-electron chi connectivity index (χ3n) is 2.28. The zero-order chi connectivity index (χ0) is 12.8. The second-order valence-electron chi connectivity index (χ2n) is 3.57. The van der Waals surface area contributed by atoms with E-state index in [0.717, 1.165) is 4.90 Å². The number of pyridine rings is 1. The zero-order valence-corrected chi connectivity index (χ0v) is 9.57. The molecule has 0 aromatic carbocycles. The zero-order valence-electron chi connectivity index (χ0n) is 9.57. The predicted octanol–water partition coefficient (Wildman–Crippen LogP) is 1.06. The van der Waals surface area contributed by atoms with Gasteiger partial charge in [0.2, 0.25) is 0 Å². The van der Waals surface area contributed by atoms with Crippen LogP contribution >= 0.6 is 0 Å². The van der Waals surface area contributed by atoms with Crippen molar-refractivity contribution in [1.82, 2.24) is 9.88 Å². The lowest BCUT2D eigenvalue weighted by Crippen LogP contribution is -2.39. The second-order valence-corrected chi connectivity index (χ2v) is 3.57. The van der Waals surface area contributed by atoms with Crippen LogP contribution in [0.3, 0.4) is 0 Å². The molecule has 0 atom stereocenters. The van der Waals surface area contributed by atoms with Gasteiger partial charge in [-0.05, 0) is 19.1 Å². The fourth-order valence-corrected chi connectivity index (χ4v) is 1.48. The van der Waals surface area contributed by atoms with Gasteiger partial charge in [0.25, 0.3) is 12.3 Å². The van der Waals surface area contributed by atoms with E-state index in [9.17, 15) is 13.6 Å². The summed E-state index contributed by atoms with van der Waals surface area (Å²) >= 11 is 0. The molecule has 0 aliphatic rings. The summed E-state index contributed by atoms with van der Waals surface area (Å²) in [7, 11) is 0. The highest BCUT2D eigenvalue weighted by atomic mass is 19.3. The number of aromatic nitrogens is 1. The standard InChI is InChI=1S/C11H15F2N3O/c1-8-9(3-2-5-15-8)11(17)16(6-4-14)7-10(12)13/h2-3,5,10H,4,6-7,14H2,1H3. The third-order valence-corrected chi connectivity index (χ3v) is 2.28. The van der Waals surface area contributed by atoms with Crippen molar-refractivity contribution >= 4 is 5.91 Å². The van der Waals surface area contributed by atoms with Gasteiger partial charge in [0.15, 0.2) is 0 Å². The molecule has 0 aliphatic carbocycles. The quantitative estimate of drug-likeness (QED) is 0.841. The number of nitrogens with zero attached hydrogens (tertiary/aromatic N) is 2. The van der Waals surface area contributed by atoms with E-state index in [-0.39, 0.29) is 13.1 Å². The van der Waals surface area contributed by atoms with E-state index >= 15 is 0 Å². The van der Waals surface area contributed by atoms with Gasteiger partial charge in [0.1, 0.15) is 0 Å². The predicted molar refractivity (Wildman–Crippen MR) is 59.9 cm³/mol. The first-order valence-corrected chi connectivity index (χ1v) is 5.25. The molecule has 6 heteroatoms. The van der Waals surface area contributed by atoms with Crippen molar-refractivity contribution < 1.29 is 13.6 Å². The van der Waals surface area contributed by atoms with Crippen molar-refractivity contribution in [2.75, 3.05) is 19.6 Å². The van der Waals surface area contributed by atoms with Gasteiger partial charge in [-0.1, -0.05) is 0 Å². The number of halogens is 2. The molecule has 0 saturated carbocycles. The SMILES string of the molecule is Cc1ncccc1C(=O)N(CCN)CC(F)F. The smallest absolute Gasteiger partial charge is 0.255 e. The maximum atomic E-state index is 12.3. The molecule has 0 aliphatic heterocycles. The summed E-state index contributed by atoms with van der Waals surface area (Å²) < 4.78 is 24.7. The topological polar surface area (TPSA) is 59.2 Å². The van der Waals surface area contributed by atoms with Crippen LogP contribution in [-0.4, -0.2) is 41.9 Å². The number of carbonyl (C=O) groups is 1. The van der Waals surface area contributed by atoms with Crippen molar-refractivity contribution in [3.63, 3.8) is 0 Å². The van der Waals surface area contributed by atoms with Crippen molar-refractivity contribution in [1.29, 1.82) is 0 Å². The molecule has 0 radical (unpaired) electrons. The molecule has 1 rings (SSSR count). The minimum atomic E-state index is -2.57. The van der Waals surface area contributed by atoms with Crippen LogP contribution in [0.4, 0.5) is 8.78 Å². The maximum absolute atomic E-state index is 12.3. The van der Waals surface area contributed by atoms with Gasteiger partial charge in [-0.3, -0.25) is 9.78 Å². The first kappa shape index (κ1) is 13.5. The molecule has 2 N–H and O–H groups in total. The van der Waals surface area contributed by atoms with Crippen LogP contribution in [0.5, 0.6) is 0 Å². The number of carbonyl (C=O) groups excluding carboxylic acids is 1. The highest BCUT2D eigenvalue weighted by Crippen LogP contribution is 2.09. The van der Waals surface area contributed by atoms with E-state index in [1.165, 1.54) is 0 Å². The van der Waals surface area contributed by atoms with Crippen LogP contribution in [0.2, 0.25) is 0 Å². The Balaban J connectivity index is 2.88. The fourth-order valence-electron chi connectivity index (χ4n) is 1.48. The van der Waals surface area contributed by atoms with Crippen molar-refractivity contribution in [3.05, 3.63) is 29.6 Å². The molecule has 4 nitrogen and oxygen atoms in total. The molecule has 0 saturated heterocycles. The molecular formula is C11H15F2N3O. The Hall–Kier alpha value is -1.56. The molecule has 0 fully saturated rings. The molecule has 1 aromatic rings. The molecule has 1 heterocycles. The highest BCUT2D eigenvalue weighted by Gasteiger charge is 2.20. The average Bonchev–Trinajstić information content (AvgIpc) is 2.28. The molecule has 94 valence electrons. The minimum absolute atomic E-state index is 0.109. The molecule has 0 spiro atoms. The van der Waals surface area contributed by atoms with Gasteiger partial charge in [-0.2, -0.15) is 0 Å². The summed E-state index contributed by atoms with van der Waals surface area (Å²) in [5.74, 6) is -0.457. The Labute approximate surface area is 98.4 Å². The van der Waals surface area contributed by atoms with E-state index in [4.69, 9.17) is 5.73 Å². The van der Waals surface area contributed by atoms with Gasteiger partial charge >= 0.3 is 0 Å². The Kier molecular flexibility index (Phi) is 4.96. The second kappa shape index (κ2) is 6.24. The Morgan fingerprint density at radius 3 is 2.82 bits per heavy atom. The summed E-state index contributed by atoms with van der Waals surface area (Å²) in [6.07, 6.45) is -1.02. The van der Waals surface area contributed by atoms with E-state index in [1.807, 2.05) is 0 Å². The number of rotatable bonds is 5. The van der Waals surface area contributed by atoms with E-state index in [2.05, 4.69) is 4.98 Å². The average molecular weight is 243 g/mol. The number of amides is 1. The van der Waals surface area contributed by atoms with E-state index in [1.54, 1.807) is 25.3 Å². The Morgan fingerprint density at radius 1 is 1.59 bits per heavy atom. The molecule has 17 heavy (non-hydrogen) atoms. The molecule has 1 amide bonds. The molecule has 0 unspecified atom stereocenters. The van der Waals surface area contributed by atoms with Crippen LogP contribution in [-0.2, 0) is 0 Å². The lowest BCUT2D eigenvalue weighted by atomic mass is 10.2. The van der Waals surface area contributed by atoms with Crippen LogP contribution in [0.1, 0.15) is 16.1 Å². The van der Waals surface area contributed by atoms with Crippen molar-refractivity contribution in [3.8, 4) is 0 Å². The van der Waals surface area contributed by atoms with E-state index in [0.29, 0.717) is 11.3 Å². The number of aryl methyl sites for hydroxylation is 1. The highest BCUT2D eigenvalue weighted by molar-refractivity contribution is 5.95. The molecular weight excluding hydrogens is 228 g/mol. The first-order chi connectivity index (χ1) is 8.06. The summed E-state index contributed by atoms with van der Waals surface area (Å²) in [6, 6.07) is 3.17. The number of hydrogen-bond acceptors (Lipinski definition) is 3. The third kappa shape index (κ3) is 3.74. The maximum Gasteiger partial charge on any atom is 0.255 e. The molecule has 0 bridgehead atoms. The van der Waals surface area contributed by atoms with E-state index < -0.39 is 18.9 Å². The number of alkyl halides is 2. The fraction of sp³-hybridized carbons (Fsp3) is 0.455. The van der Waals surface area contributed by atoms with Crippen LogP contribution in [0.15, 0.2) is 18.3 Å². The summed E-state index contributed by atoms with van der Waals surface area (Å²) in [5.41, 5.74) is 6.16. The summed E-state index contributed by atoms with van der Waals surface area (Å²) in [6.45, 7) is 1.32. The Morgan fingerprint density at radius 2 is 2.29 bits per heavy atom. The summed E-state index contributed by atoms with van der Waals surface area (Å²) in [4.78, 5) is 17.0. The van der Waals surface area contributed by atoms with Gasteiger partial charge in [0, 0.05) is 25.0 Å². The molecule has 1 aromatic heterocycles. The largest absolute Gasteiger partial charge is 0.332 e. The van der Waals surface area contributed by atoms with Crippen LogP contribution < -0.4 is 5.73 Å². The first-order valence-electron chi connectivity index (χ1n) is 5.25. The normalized spacial score (nSPS) is 10.6. The monoisotopic (exact) mass is 243 g/mol. The van der Waals surface area contributed by atoms with Crippen molar-refractivity contribution in [2.24, 2.45) is 5.73 Å². The number of nitrogens with two attached hydrogens (primary N) is 1.